The number of aromatic nitrogens is 2. The average molecular weight is 480 g/mol. The third-order valence-corrected chi connectivity index (χ3v) is 7.33. The van der Waals surface area contributed by atoms with E-state index in [1.165, 1.54) is 11.3 Å². The van der Waals surface area contributed by atoms with Gasteiger partial charge in [-0.25, -0.2) is 4.79 Å². The molecule has 3 amide bonds. The summed E-state index contributed by atoms with van der Waals surface area (Å²) >= 11 is 1.30. The van der Waals surface area contributed by atoms with Crippen molar-refractivity contribution >= 4 is 34.6 Å². The fourth-order valence-electron chi connectivity index (χ4n) is 4.06. The van der Waals surface area contributed by atoms with Crippen LogP contribution in [0.2, 0.25) is 0 Å². The lowest BCUT2D eigenvalue weighted by molar-refractivity contribution is 0.102. The number of piperidine rings is 1. The van der Waals surface area contributed by atoms with Crippen LogP contribution >= 0.6 is 11.3 Å². The Labute approximate surface area is 201 Å². The first kappa shape index (κ1) is 22.1. The molecule has 2 N–H and O–H groups in total. The van der Waals surface area contributed by atoms with Gasteiger partial charge in [0.2, 0.25) is 11.8 Å². The Morgan fingerprint density at radius 3 is 2.65 bits per heavy atom. The Bertz CT molecular complexity index is 1240. The van der Waals surface area contributed by atoms with Crippen molar-refractivity contribution in [2.45, 2.75) is 32.6 Å². The van der Waals surface area contributed by atoms with Crippen molar-refractivity contribution in [3.63, 3.8) is 0 Å². The summed E-state index contributed by atoms with van der Waals surface area (Å²) in [5.74, 6) is 1.12. The number of rotatable bonds is 4. The van der Waals surface area contributed by atoms with E-state index < -0.39 is 0 Å². The molecule has 3 aromatic rings. The highest BCUT2D eigenvalue weighted by molar-refractivity contribution is 7.13. The van der Waals surface area contributed by atoms with Crippen molar-refractivity contribution in [3.05, 3.63) is 57.5 Å². The van der Waals surface area contributed by atoms with E-state index in [2.05, 4.69) is 20.8 Å². The Kier molecular flexibility index (Phi) is 6.06. The van der Waals surface area contributed by atoms with Gasteiger partial charge in [0.15, 0.2) is 11.5 Å². The van der Waals surface area contributed by atoms with Crippen molar-refractivity contribution < 1.29 is 19.1 Å². The van der Waals surface area contributed by atoms with Gasteiger partial charge in [-0.15, -0.1) is 10.2 Å². The highest BCUT2D eigenvalue weighted by atomic mass is 32.1. The van der Waals surface area contributed by atoms with E-state index in [1.54, 1.807) is 18.2 Å². The number of anilines is 2. The molecular weight excluding hydrogens is 454 g/mol. The lowest BCUT2D eigenvalue weighted by Gasteiger charge is -2.31. The lowest BCUT2D eigenvalue weighted by Crippen LogP contribution is -2.40. The minimum atomic E-state index is -0.312. The third kappa shape index (κ3) is 4.54. The van der Waals surface area contributed by atoms with E-state index in [4.69, 9.17) is 9.47 Å². The number of carbonyl (C=O) groups excluding carboxylic acids is 2. The van der Waals surface area contributed by atoms with E-state index >= 15 is 0 Å². The summed E-state index contributed by atoms with van der Waals surface area (Å²) in [6.07, 6.45) is 1.55. The van der Waals surface area contributed by atoms with Crippen molar-refractivity contribution in [1.82, 2.24) is 15.1 Å². The van der Waals surface area contributed by atoms with Crippen molar-refractivity contribution in [3.8, 4) is 11.5 Å². The van der Waals surface area contributed by atoms with Gasteiger partial charge < -0.3 is 25.0 Å². The molecule has 0 aliphatic carbocycles. The number of nitrogens with one attached hydrogen (secondary N) is 2. The maximum atomic E-state index is 12.7. The monoisotopic (exact) mass is 479 g/mol. The summed E-state index contributed by atoms with van der Waals surface area (Å²) in [7, 11) is 0. The molecule has 0 unspecified atom stereocenters. The number of aryl methyl sites for hydroxylation is 1. The van der Waals surface area contributed by atoms with Gasteiger partial charge in [0, 0.05) is 36.4 Å². The van der Waals surface area contributed by atoms with E-state index in [0.29, 0.717) is 35.3 Å². The van der Waals surface area contributed by atoms with Gasteiger partial charge in [0.05, 0.1) is 0 Å². The number of urea groups is 1. The zero-order chi connectivity index (χ0) is 23.7. The zero-order valence-corrected chi connectivity index (χ0v) is 19.8. The second-order valence-corrected chi connectivity index (χ2v) is 9.42. The number of nitrogens with zero attached hydrogens (tertiary/aromatic N) is 3. The zero-order valence-electron chi connectivity index (χ0n) is 19.0. The smallest absolute Gasteiger partial charge is 0.321 e. The van der Waals surface area contributed by atoms with Crippen molar-refractivity contribution in [2.75, 3.05) is 30.5 Å². The topological polar surface area (TPSA) is 106 Å². The standard InChI is InChI=1S/C24H25N5O4S/c1-14-4-3-5-18(15(14)2)26-24(31)29-10-8-16(9-11-29)22-27-28-23(34-22)21(30)25-17-6-7-19-20(12-17)33-13-32-19/h3-7,12,16H,8-11,13H2,1-2H3,(H,25,30)(H,26,31). The molecule has 2 aliphatic heterocycles. The van der Waals surface area contributed by atoms with Gasteiger partial charge in [-0.2, -0.15) is 0 Å². The van der Waals surface area contributed by atoms with E-state index in [1.807, 2.05) is 36.9 Å². The fourth-order valence-corrected chi connectivity index (χ4v) is 4.97. The molecule has 0 bridgehead atoms. The van der Waals surface area contributed by atoms with Crippen LogP contribution in [0, 0.1) is 13.8 Å². The van der Waals surface area contributed by atoms with Crippen LogP contribution in [0.3, 0.4) is 0 Å². The quantitative estimate of drug-likeness (QED) is 0.569. The van der Waals surface area contributed by atoms with E-state index in [9.17, 15) is 9.59 Å². The molecular formula is C24H25N5O4S. The molecule has 9 nitrogen and oxygen atoms in total. The summed E-state index contributed by atoms with van der Waals surface area (Å²) < 4.78 is 10.6. The Hall–Kier alpha value is -3.66. The molecule has 2 aromatic carbocycles. The van der Waals surface area contributed by atoms with Crippen LogP contribution in [0.25, 0.3) is 0 Å². The Morgan fingerprint density at radius 2 is 1.82 bits per heavy atom. The van der Waals surface area contributed by atoms with E-state index in [-0.39, 0.29) is 24.6 Å². The summed E-state index contributed by atoms with van der Waals surface area (Å²) in [4.78, 5) is 27.2. The number of amides is 3. The molecule has 1 fully saturated rings. The molecule has 1 aromatic heterocycles. The van der Waals surface area contributed by atoms with Gasteiger partial charge in [-0.1, -0.05) is 23.5 Å². The molecule has 2 aliphatic rings. The summed E-state index contributed by atoms with van der Waals surface area (Å²) in [5.41, 5.74) is 3.67. The molecule has 34 heavy (non-hydrogen) atoms. The van der Waals surface area contributed by atoms with Gasteiger partial charge in [0.1, 0.15) is 5.01 Å². The molecule has 5 rings (SSSR count). The average Bonchev–Trinajstić information content (AvgIpc) is 3.52. The number of benzene rings is 2. The van der Waals surface area contributed by atoms with Gasteiger partial charge >= 0.3 is 6.03 Å². The number of ether oxygens (including phenoxy) is 2. The largest absolute Gasteiger partial charge is 0.454 e. The number of fused-ring (bicyclic) bond motifs is 1. The summed E-state index contributed by atoms with van der Waals surface area (Å²) in [6.45, 7) is 5.47. The van der Waals surface area contributed by atoms with Crippen molar-refractivity contribution in [1.29, 1.82) is 0 Å². The van der Waals surface area contributed by atoms with Crippen LogP contribution in [-0.2, 0) is 0 Å². The van der Waals surface area contributed by atoms with Crippen LogP contribution in [0.4, 0.5) is 16.2 Å². The SMILES string of the molecule is Cc1cccc(NC(=O)N2CCC(c3nnc(C(=O)Nc4ccc5c(c4)OCO5)s3)CC2)c1C. The fraction of sp³-hybridized carbons (Fsp3) is 0.333. The van der Waals surface area contributed by atoms with Crippen molar-refractivity contribution in [2.24, 2.45) is 0 Å². The van der Waals surface area contributed by atoms with Gasteiger partial charge in [-0.05, 0) is 56.0 Å². The molecule has 0 radical (unpaired) electrons. The molecule has 10 heteroatoms. The molecule has 0 spiro atoms. The van der Waals surface area contributed by atoms with E-state index in [0.717, 1.165) is 34.7 Å². The third-order valence-electron chi connectivity index (χ3n) is 6.24. The molecule has 3 heterocycles. The second kappa shape index (κ2) is 9.30. The first-order valence-electron chi connectivity index (χ1n) is 11.1. The minimum absolute atomic E-state index is 0.0896. The summed E-state index contributed by atoms with van der Waals surface area (Å²) in [5, 5.41) is 15.3. The predicted octanol–water partition coefficient (Wildman–Crippen LogP) is 4.55. The molecule has 0 saturated carbocycles. The molecule has 1 saturated heterocycles. The van der Waals surface area contributed by atoms with Crippen LogP contribution in [0.1, 0.15) is 44.7 Å². The number of hydrogen-bond acceptors (Lipinski definition) is 7. The number of carbonyl (C=O) groups is 2. The second-order valence-electron chi connectivity index (χ2n) is 8.41. The minimum Gasteiger partial charge on any atom is -0.454 e. The highest BCUT2D eigenvalue weighted by Crippen LogP contribution is 2.35. The number of likely N-dealkylation sites (tertiary alicyclic amines) is 1. The molecule has 0 atom stereocenters. The Balaban J connectivity index is 1.16. The summed E-state index contributed by atoms with van der Waals surface area (Å²) in [6, 6.07) is 11.0. The van der Waals surface area contributed by atoms with Gasteiger partial charge in [-0.3, -0.25) is 4.79 Å². The van der Waals surface area contributed by atoms with Crippen LogP contribution in [0.5, 0.6) is 11.5 Å². The predicted molar refractivity (Wildman–Crippen MR) is 129 cm³/mol. The Morgan fingerprint density at radius 1 is 1.03 bits per heavy atom. The van der Waals surface area contributed by atoms with Crippen LogP contribution in [-0.4, -0.2) is 46.9 Å². The maximum absolute atomic E-state index is 12.7. The first-order valence-corrected chi connectivity index (χ1v) is 12.0. The van der Waals surface area contributed by atoms with Crippen LogP contribution in [0.15, 0.2) is 36.4 Å². The maximum Gasteiger partial charge on any atom is 0.321 e. The highest BCUT2D eigenvalue weighted by Gasteiger charge is 2.27. The van der Waals surface area contributed by atoms with Gasteiger partial charge in [0.25, 0.3) is 5.91 Å². The number of hydrogen-bond donors (Lipinski definition) is 2. The lowest BCUT2D eigenvalue weighted by atomic mass is 9.98. The molecule has 176 valence electrons. The first-order chi connectivity index (χ1) is 16.5. The van der Waals surface area contributed by atoms with Crippen LogP contribution < -0.4 is 20.1 Å². The normalized spacial score (nSPS) is 15.3.